The van der Waals surface area contributed by atoms with Gasteiger partial charge >= 0.3 is 0 Å². The molecule has 0 aliphatic carbocycles. The Morgan fingerprint density at radius 2 is 1.83 bits per heavy atom. The van der Waals surface area contributed by atoms with E-state index in [1.807, 2.05) is 30.3 Å². The quantitative estimate of drug-likeness (QED) is 0.299. The predicted octanol–water partition coefficient (Wildman–Crippen LogP) is 7.21. The number of hydrogen-bond donors (Lipinski definition) is 0. The molecule has 0 N–H and O–H groups in total. The van der Waals surface area contributed by atoms with Crippen molar-refractivity contribution >= 4 is 5.78 Å². The van der Waals surface area contributed by atoms with E-state index in [2.05, 4.69) is 25.6 Å². The van der Waals surface area contributed by atoms with Crippen LogP contribution in [0, 0.1) is 0 Å². The molecule has 0 amide bonds. The van der Waals surface area contributed by atoms with Crippen molar-refractivity contribution in [2.45, 2.75) is 70.8 Å². The first-order chi connectivity index (χ1) is 14.2. The number of ketones is 1. The SMILES string of the molecule is C=COc1ccc(CCCCCCCCC)cc1C1CC(=O)c2ccccc2O1. The van der Waals surface area contributed by atoms with Gasteiger partial charge in [-0.2, -0.15) is 0 Å². The van der Waals surface area contributed by atoms with Crippen LogP contribution in [0.25, 0.3) is 0 Å². The Hall–Kier alpha value is -2.55. The molecule has 0 radical (unpaired) electrons. The molecular formula is C26H32O3. The molecule has 3 rings (SSSR count). The fourth-order valence-corrected chi connectivity index (χ4v) is 3.93. The van der Waals surface area contributed by atoms with Crippen LogP contribution in [-0.4, -0.2) is 5.78 Å². The lowest BCUT2D eigenvalue weighted by Crippen LogP contribution is -2.20. The summed E-state index contributed by atoms with van der Waals surface area (Å²) in [5.41, 5.74) is 2.85. The summed E-state index contributed by atoms with van der Waals surface area (Å²) in [6.45, 7) is 5.93. The molecular weight excluding hydrogens is 360 g/mol. The van der Waals surface area contributed by atoms with Gasteiger partial charge in [-0.05, 0) is 42.7 Å². The molecule has 2 aromatic rings. The molecule has 1 atom stereocenters. The average molecular weight is 393 g/mol. The Bertz CT molecular complexity index is 824. The van der Waals surface area contributed by atoms with Crippen LogP contribution in [0.2, 0.25) is 0 Å². The highest BCUT2D eigenvalue weighted by Crippen LogP contribution is 2.38. The zero-order chi connectivity index (χ0) is 20.5. The van der Waals surface area contributed by atoms with Crippen molar-refractivity contribution in [3.8, 4) is 11.5 Å². The maximum atomic E-state index is 12.6. The standard InChI is InChI=1S/C26H32O3/c1-3-5-6-7-8-9-10-13-20-16-17-24(28-4-2)22(18-20)26-19-23(27)21-14-11-12-15-25(21)29-26/h4,11-12,14-18,26H,2-3,5-10,13,19H2,1H3. The molecule has 154 valence electrons. The molecule has 0 saturated heterocycles. The first-order valence-corrected chi connectivity index (χ1v) is 10.9. The molecule has 0 fully saturated rings. The summed E-state index contributed by atoms with van der Waals surface area (Å²) in [6, 6.07) is 13.7. The topological polar surface area (TPSA) is 35.5 Å². The summed E-state index contributed by atoms with van der Waals surface area (Å²) in [6.07, 6.45) is 11.5. The van der Waals surface area contributed by atoms with Gasteiger partial charge in [0.15, 0.2) is 5.78 Å². The highest BCUT2D eigenvalue weighted by Gasteiger charge is 2.29. The second-order valence-electron chi connectivity index (χ2n) is 7.76. The first kappa shape index (κ1) is 21.2. The monoisotopic (exact) mass is 392 g/mol. The van der Waals surface area contributed by atoms with Gasteiger partial charge in [0.2, 0.25) is 0 Å². The van der Waals surface area contributed by atoms with Crippen LogP contribution in [0.3, 0.4) is 0 Å². The van der Waals surface area contributed by atoms with Gasteiger partial charge in [0, 0.05) is 5.56 Å². The van der Waals surface area contributed by atoms with E-state index < -0.39 is 0 Å². The van der Waals surface area contributed by atoms with Crippen LogP contribution in [0.15, 0.2) is 55.3 Å². The molecule has 0 saturated carbocycles. The van der Waals surface area contributed by atoms with Crippen molar-refractivity contribution in [3.05, 3.63) is 72.0 Å². The van der Waals surface area contributed by atoms with Crippen LogP contribution in [0.5, 0.6) is 11.5 Å². The second kappa shape index (κ2) is 10.8. The van der Waals surface area contributed by atoms with Gasteiger partial charge in [-0.3, -0.25) is 4.79 Å². The van der Waals surface area contributed by atoms with Crippen molar-refractivity contribution in [1.29, 1.82) is 0 Å². The minimum absolute atomic E-state index is 0.110. The number of para-hydroxylation sites is 1. The van der Waals surface area contributed by atoms with Crippen molar-refractivity contribution < 1.29 is 14.3 Å². The molecule has 0 bridgehead atoms. The molecule has 1 aliphatic rings. The maximum absolute atomic E-state index is 12.6. The largest absolute Gasteiger partial charge is 0.484 e. The Morgan fingerprint density at radius 3 is 2.62 bits per heavy atom. The van der Waals surface area contributed by atoms with Crippen molar-refractivity contribution in [1.82, 2.24) is 0 Å². The van der Waals surface area contributed by atoms with Crippen LogP contribution >= 0.6 is 0 Å². The fraction of sp³-hybridized carbons (Fsp3) is 0.423. The number of unbranched alkanes of at least 4 members (excludes halogenated alkanes) is 6. The van der Waals surface area contributed by atoms with Gasteiger partial charge in [0.05, 0.1) is 18.2 Å². The predicted molar refractivity (Wildman–Crippen MR) is 118 cm³/mol. The number of aryl methyl sites for hydroxylation is 1. The zero-order valence-corrected chi connectivity index (χ0v) is 17.5. The average Bonchev–Trinajstić information content (AvgIpc) is 2.74. The summed E-state index contributed by atoms with van der Waals surface area (Å²) in [4.78, 5) is 12.6. The molecule has 1 unspecified atom stereocenters. The second-order valence-corrected chi connectivity index (χ2v) is 7.76. The molecule has 1 heterocycles. The number of ether oxygens (including phenoxy) is 2. The fourth-order valence-electron chi connectivity index (χ4n) is 3.93. The molecule has 29 heavy (non-hydrogen) atoms. The van der Waals surface area contributed by atoms with Crippen LogP contribution < -0.4 is 9.47 Å². The third-order valence-electron chi connectivity index (χ3n) is 5.53. The first-order valence-electron chi connectivity index (χ1n) is 10.9. The highest BCUT2D eigenvalue weighted by atomic mass is 16.5. The van der Waals surface area contributed by atoms with E-state index in [1.165, 1.54) is 56.8 Å². The molecule has 3 nitrogen and oxygen atoms in total. The number of carbonyl (C=O) groups excluding carboxylic acids is 1. The molecule has 0 aromatic heterocycles. The van der Waals surface area contributed by atoms with E-state index in [4.69, 9.17) is 9.47 Å². The van der Waals surface area contributed by atoms with E-state index in [0.29, 0.717) is 23.5 Å². The zero-order valence-electron chi connectivity index (χ0n) is 17.5. The Balaban J connectivity index is 1.68. The van der Waals surface area contributed by atoms with Crippen molar-refractivity contribution in [2.24, 2.45) is 0 Å². The summed E-state index contributed by atoms with van der Waals surface area (Å²) in [7, 11) is 0. The van der Waals surface area contributed by atoms with E-state index in [0.717, 1.165) is 12.0 Å². The van der Waals surface area contributed by atoms with Crippen molar-refractivity contribution in [2.75, 3.05) is 0 Å². The van der Waals surface area contributed by atoms with E-state index in [-0.39, 0.29) is 11.9 Å². The van der Waals surface area contributed by atoms with Gasteiger partial charge in [0.25, 0.3) is 0 Å². The van der Waals surface area contributed by atoms with Gasteiger partial charge in [-0.1, -0.05) is 70.2 Å². The van der Waals surface area contributed by atoms with Gasteiger partial charge in [-0.25, -0.2) is 0 Å². The molecule has 1 aliphatic heterocycles. The van der Waals surface area contributed by atoms with Gasteiger partial charge in [-0.15, -0.1) is 0 Å². The van der Waals surface area contributed by atoms with Crippen LogP contribution in [0.4, 0.5) is 0 Å². The van der Waals surface area contributed by atoms with Crippen molar-refractivity contribution in [3.63, 3.8) is 0 Å². The van der Waals surface area contributed by atoms with Gasteiger partial charge < -0.3 is 9.47 Å². The molecule has 3 heteroatoms. The lowest BCUT2D eigenvalue weighted by Gasteiger charge is -2.27. The Kier molecular flexibility index (Phi) is 7.92. The number of carbonyl (C=O) groups is 1. The minimum atomic E-state index is -0.332. The lowest BCUT2D eigenvalue weighted by molar-refractivity contribution is 0.0847. The Morgan fingerprint density at radius 1 is 1.07 bits per heavy atom. The third-order valence-corrected chi connectivity index (χ3v) is 5.53. The minimum Gasteiger partial charge on any atom is -0.484 e. The van der Waals surface area contributed by atoms with E-state index in [9.17, 15) is 4.79 Å². The van der Waals surface area contributed by atoms with E-state index >= 15 is 0 Å². The van der Waals surface area contributed by atoms with E-state index in [1.54, 1.807) is 0 Å². The number of benzene rings is 2. The number of rotatable bonds is 11. The maximum Gasteiger partial charge on any atom is 0.170 e. The summed E-state index contributed by atoms with van der Waals surface area (Å²) < 4.78 is 11.8. The van der Waals surface area contributed by atoms with Crippen LogP contribution in [-0.2, 0) is 6.42 Å². The molecule has 2 aromatic carbocycles. The number of hydrogen-bond acceptors (Lipinski definition) is 3. The van der Waals surface area contributed by atoms with Crippen LogP contribution in [0.1, 0.15) is 85.9 Å². The lowest BCUT2D eigenvalue weighted by atomic mass is 9.93. The highest BCUT2D eigenvalue weighted by molar-refractivity contribution is 6.00. The summed E-state index contributed by atoms with van der Waals surface area (Å²) in [5.74, 6) is 1.47. The summed E-state index contributed by atoms with van der Waals surface area (Å²) >= 11 is 0. The Labute approximate surface area is 174 Å². The molecule has 0 spiro atoms. The summed E-state index contributed by atoms with van der Waals surface area (Å²) in [5, 5.41) is 0. The third kappa shape index (κ3) is 5.72. The normalized spacial score (nSPS) is 15.5. The smallest absolute Gasteiger partial charge is 0.170 e. The number of Topliss-reactive ketones (excluding diaryl/α,β-unsaturated/α-hetero) is 1. The van der Waals surface area contributed by atoms with Gasteiger partial charge in [0.1, 0.15) is 17.6 Å². The number of fused-ring (bicyclic) bond motifs is 1.